The average molecular weight is 231 g/mol. The molecule has 4 heteroatoms. The molecule has 0 radical (unpaired) electrons. The van der Waals surface area contributed by atoms with Gasteiger partial charge in [0.15, 0.2) is 0 Å². The summed E-state index contributed by atoms with van der Waals surface area (Å²) in [7, 11) is 4.07. The van der Waals surface area contributed by atoms with Gasteiger partial charge in [0.1, 0.15) is 12.4 Å². The second-order valence-corrected chi connectivity index (χ2v) is 4.17. The molecule has 0 saturated carbocycles. The van der Waals surface area contributed by atoms with E-state index >= 15 is 0 Å². The number of nitrogens with zero attached hydrogens (tertiary/aromatic N) is 2. The minimum absolute atomic E-state index is 0.696. The van der Waals surface area contributed by atoms with Crippen molar-refractivity contribution in [2.45, 2.75) is 0 Å². The van der Waals surface area contributed by atoms with Crippen LogP contribution in [0.25, 0.3) is 11.1 Å². The summed E-state index contributed by atoms with van der Waals surface area (Å²) in [6.07, 6.45) is 3.68. The molecule has 0 saturated heterocycles. The van der Waals surface area contributed by atoms with Crippen molar-refractivity contribution in [3.8, 4) is 16.9 Å². The summed E-state index contributed by atoms with van der Waals surface area (Å²) < 4.78 is 5.68. The molecule has 0 aliphatic heterocycles. The molecule has 2 aromatic rings. The van der Waals surface area contributed by atoms with Gasteiger partial charge in [0.05, 0.1) is 6.20 Å². The highest BCUT2D eigenvalue weighted by Crippen LogP contribution is 2.22. The maximum atomic E-state index is 5.68. The van der Waals surface area contributed by atoms with Crippen molar-refractivity contribution in [1.82, 2.24) is 15.1 Å². The molecule has 1 aromatic carbocycles. The molecular formula is C13H17N3O. The second kappa shape index (κ2) is 5.50. The van der Waals surface area contributed by atoms with Gasteiger partial charge < -0.3 is 9.64 Å². The van der Waals surface area contributed by atoms with Crippen LogP contribution < -0.4 is 4.74 Å². The standard InChI is InChI=1S/C13H17N3O/c1-16(2)6-7-17-13-5-3-4-11(8-13)12-9-14-15-10-12/h3-5,8-10H,6-7H2,1-2H3,(H,14,15). The van der Waals surface area contributed by atoms with Crippen molar-refractivity contribution >= 4 is 0 Å². The number of likely N-dealkylation sites (N-methyl/N-ethyl adjacent to an activating group) is 1. The van der Waals surface area contributed by atoms with E-state index in [9.17, 15) is 0 Å². The van der Waals surface area contributed by atoms with Gasteiger partial charge in [0.25, 0.3) is 0 Å². The fourth-order valence-electron chi connectivity index (χ4n) is 1.52. The van der Waals surface area contributed by atoms with Crippen LogP contribution in [0.5, 0.6) is 5.75 Å². The minimum atomic E-state index is 0.696. The predicted molar refractivity (Wildman–Crippen MR) is 68.1 cm³/mol. The van der Waals surface area contributed by atoms with Crippen molar-refractivity contribution in [3.63, 3.8) is 0 Å². The van der Waals surface area contributed by atoms with Crippen molar-refractivity contribution in [2.24, 2.45) is 0 Å². The van der Waals surface area contributed by atoms with Crippen LogP contribution in [0.1, 0.15) is 0 Å². The second-order valence-electron chi connectivity index (χ2n) is 4.17. The maximum Gasteiger partial charge on any atom is 0.119 e. The summed E-state index contributed by atoms with van der Waals surface area (Å²) in [5, 5.41) is 6.75. The highest BCUT2D eigenvalue weighted by atomic mass is 16.5. The van der Waals surface area contributed by atoms with Crippen LogP contribution >= 0.6 is 0 Å². The largest absolute Gasteiger partial charge is 0.492 e. The van der Waals surface area contributed by atoms with Crippen molar-refractivity contribution in [1.29, 1.82) is 0 Å². The Balaban J connectivity index is 2.02. The summed E-state index contributed by atoms with van der Waals surface area (Å²) >= 11 is 0. The molecular weight excluding hydrogens is 214 g/mol. The highest BCUT2D eigenvalue weighted by Gasteiger charge is 2.01. The van der Waals surface area contributed by atoms with Crippen LogP contribution in [-0.2, 0) is 0 Å². The number of nitrogens with one attached hydrogen (secondary N) is 1. The Labute approximate surface area is 101 Å². The van der Waals surface area contributed by atoms with Crippen LogP contribution in [0.4, 0.5) is 0 Å². The molecule has 0 aliphatic rings. The zero-order valence-corrected chi connectivity index (χ0v) is 10.2. The third kappa shape index (κ3) is 3.32. The Morgan fingerprint density at radius 2 is 2.18 bits per heavy atom. The Hall–Kier alpha value is -1.81. The predicted octanol–water partition coefficient (Wildman–Crippen LogP) is 2.02. The van der Waals surface area contributed by atoms with Gasteiger partial charge in [-0.05, 0) is 31.8 Å². The normalized spacial score (nSPS) is 10.8. The van der Waals surface area contributed by atoms with Crippen LogP contribution in [0.15, 0.2) is 36.7 Å². The van der Waals surface area contributed by atoms with E-state index in [0.29, 0.717) is 6.61 Å². The van der Waals surface area contributed by atoms with Gasteiger partial charge >= 0.3 is 0 Å². The van der Waals surface area contributed by atoms with E-state index in [1.807, 2.05) is 44.6 Å². The maximum absolute atomic E-state index is 5.68. The molecule has 2 rings (SSSR count). The van der Waals surface area contributed by atoms with Crippen molar-refractivity contribution < 1.29 is 4.74 Å². The third-order valence-electron chi connectivity index (χ3n) is 2.47. The van der Waals surface area contributed by atoms with E-state index in [1.54, 1.807) is 6.20 Å². The van der Waals surface area contributed by atoms with E-state index in [2.05, 4.69) is 15.1 Å². The quantitative estimate of drug-likeness (QED) is 0.856. The third-order valence-corrected chi connectivity index (χ3v) is 2.47. The molecule has 1 N–H and O–H groups in total. The fourth-order valence-corrected chi connectivity index (χ4v) is 1.52. The van der Waals surface area contributed by atoms with Crippen molar-refractivity contribution in [3.05, 3.63) is 36.7 Å². The topological polar surface area (TPSA) is 41.1 Å². The Kier molecular flexibility index (Phi) is 3.77. The summed E-state index contributed by atoms with van der Waals surface area (Å²) in [5.74, 6) is 0.894. The van der Waals surface area contributed by atoms with E-state index in [-0.39, 0.29) is 0 Å². The molecule has 0 unspecified atom stereocenters. The van der Waals surface area contributed by atoms with Crippen LogP contribution in [0.2, 0.25) is 0 Å². The van der Waals surface area contributed by atoms with Gasteiger partial charge in [-0.2, -0.15) is 5.10 Å². The average Bonchev–Trinajstić information content (AvgIpc) is 2.82. The lowest BCUT2D eigenvalue weighted by molar-refractivity contribution is 0.261. The summed E-state index contributed by atoms with van der Waals surface area (Å²) in [6, 6.07) is 8.04. The highest BCUT2D eigenvalue weighted by molar-refractivity contribution is 5.63. The lowest BCUT2D eigenvalue weighted by atomic mass is 10.1. The first-order valence-electron chi connectivity index (χ1n) is 5.62. The molecule has 0 fully saturated rings. The summed E-state index contributed by atoms with van der Waals surface area (Å²) in [5.41, 5.74) is 2.18. The Bertz CT molecular complexity index is 451. The summed E-state index contributed by atoms with van der Waals surface area (Å²) in [4.78, 5) is 2.10. The first-order chi connectivity index (χ1) is 8.25. The monoisotopic (exact) mass is 231 g/mol. The zero-order valence-electron chi connectivity index (χ0n) is 10.2. The first kappa shape index (κ1) is 11.7. The lowest BCUT2D eigenvalue weighted by Crippen LogP contribution is -2.19. The summed E-state index contributed by atoms with van der Waals surface area (Å²) in [6.45, 7) is 1.61. The zero-order chi connectivity index (χ0) is 12.1. The fraction of sp³-hybridized carbons (Fsp3) is 0.308. The molecule has 0 amide bonds. The molecule has 0 bridgehead atoms. The van der Waals surface area contributed by atoms with Gasteiger partial charge in [0, 0.05) is 18.3 Å². The van der Waals surface area contributed by atoms with E-state index < -0.39 is 0 Å². The van der Waals surface area contributed by atoms with Gasteiger partial charge in [-0.15, -0.1) is 0 Å². The van der Waals surface area contributed by atoms with Crippen LogP contribution in [-0.4, -0.2) is 42.3 Å². The van der Waals surface area contributed by atoms with E-state index in [4.69, 9.17) is 4.74 Å². The number of hydrogen-bond acceptors (Lipinski definition) is 3. The molecule has 4 nitrogen and oxygen atoms in total. The van der Waals surface area contributed by atoms with Gasteiger partial charge in [-0.1, -0.05) is 12.1 Å². The van der Waals surface area contributed by atoms with Gasteiger partial charge in [0.2, 0.25) is 0 Å². The number of H-pyrrole nitrogens is 1. The SMILES string of the molecule is CN(C)CCOc1cccc(-c2cn[nH]c2)c1. The molecule has 0 spiro atoms. The molecule has 0 atom stereocenters. The lowest BCUT2D eigenvalue weighted by Gasteiger charge is -2.11. The number of aromatic amines is 1. The van der Waals surface area contributed by atoms with E-state index in [1.165, 1.54) is 0 Å². The number of aromatic nitrogens is 2. The van der Waals surface area contributed by atoms with Crippen LogP contribution in [0.3, 0.4) is 0 Å². The Morgan fingerprint density at radius 1 is 1.29 bits per heavy atom. The molecule has 17 heavy (non-hydrogen) atoms. The number of benzene rings is 1. The number of hydrogen-bond donors (Lipinski definition) is 1. The molecule has 0 aliphatic carbocycles. The first-order valence-corrected chi connectivity index (χ1v) is 5.62. The van der Waals surface area contributed by atoms with Gasteiger partial charge in [-0.3, -0.25) is 5.10 Å². The van der Waals surface area contributed by atoms with Crippen LogP contribution in [0, 0.1) is 0 Å². The molecule has 1 aromatic heterocycles. The van der Waals surface area contributed by atoms with E-state index in [0.717, 1.165) is 23.4 Å². The smallest absolute Gasteiger partial charge is 0.119 e. The van der Waals surface area contributed by atoms with Gasteiger partial charge in [-0.25, -0.2) is 0 Å². The number of ether oxygens (including phenoxy) is 1. The Morgan fingerprint density at radius 3 is 2.88 bits per heavy atom. The number of rotatable bonds is 5. The molecule has 90 valence electrons. The minimum Gasteiger partial charge on any atom is -0.492 e. The van der Waals surface area contributed by atoms with Crippen molar-refractivity contribution in [2.75, 3.05) is 27.2 Å². The molecule has 1 heterocycles.